The van der Waals surface area contributed by atoms with Crippen LogP contribution in [0.1, 0.15) is 15.9 Å². The number of amides is 1. The summed E-state index contributed by atoms with van der Waals surface area (Å²) in [5.41, 5.74) is 0.673. The third-order valence-electron chi connectivity index (χ3n) is 3.24. The Morgan fingerprint density at radius 2 is 1.95 bits per heavy atom. The zero-order valence-corrected chi connectivity index (χ0v) is 12.9. The van der Waals surface area contributed by atoms with Crippen molar-refractivity contribution in [3.05, 3.63) is 62.8 Å². The number of rotatable bonds is 2. The maximum absolute atomic E-state index is 14.0. The molecule has 0 N–H and O–H groups in total. The van der Waals surface area contributed by atoms with E-state index in [1.165, 1.54) is 6.07 Å². The second kappa shape index (κ2) is 5.24. The van der Waals surface area contributed by atoms with Gasteiger partial charge in [-0.25, -0.2) is 4.39 Å². The average Bonchev–Trinajstić information content (AvgIpc) is 2.69. The number of ketones is 1. The second-order valence-corrected chi connectivity index (χ2v) is 5.93. The number of fused-ring (bicyclic) bond motifs is 1. The monoisotopic (exact) mass is 367 g/mol. The first-order chi connectivity index (χ1) is 9.99. The molecule has 1 aliphatic rings. The van der Waals surface area contributed by atoms with Crippen LogP contribution in [0.2, 0.25) is 5.02 Å². The normalized spacial score (nSPS) is 13.8. The summed E-state index contributed by atoms with van der Waals surface area (Å²) < 4.78 is 14.9. The average molecular weight is 369 g/mol. The fraction of sp³-hybridized carbons (Fsp3) is 0.0667. The van der Waals surface area contributed by atoms with Gasteiger partial charge < -0.3 is 0 Å². The third-order valence-corrected chi connectivity index (χ3v) is 4.05. The van der Waals surface area contributed by atoms with Crippen molar-refractivity contribution in [2.24, 2.45) is 0 Å². The van der Waals surface area contributed by atoms with Gasteiger partial charge in [-0.3, -0.25) is 14.5 Å². The highest BCUT2D eigenvalue weighted by molar-refractivity contribution is 9.10. The van der Waals surface area contributed by atoms with E-state index in [9.17, 15) is 14.0 Å². The van der Waals surface area contributed by atoms with Gasteiger partial charge in [0.05, 0.1) is 22.8 Å². The number of carbonyl (C=O) groups excluding carboxylic acids is 2. The van der Waals surface area contributed by atoms with Crippen molar-refractivity contribution in [2.75, 3.05) is 4.90 Å². The van der Waals surface area contributed by atoms with E-state index < -0.39 is 17.5 Å². The Morgan fingerprint density at radius 3 is 2.67 bits per heavy atom. The quantitative estimate of drug-likeness (QED) is 0.752. The third kappa shape index (κ3) is 2.36. The zero-order valence-electron chi connectivity index (χ0n) is 10.6. The molecule has 0 saturated heterocycles. The number of carbonyl (C=O) groups is 2. The van der Waals surface area contributed by atoms with E-state index in [1.807, 2.05) is 6.07 Å². The van der Waals surface area contributed by atoms with Crippen LogP contribution in [0, 0.1) is 5.82 Å². The van der Waals surface area contributed by atoms with Gasteiger partial charge in [0, 0.05) is 4.47 Å². The minimum absolute atomic E-state index is 0.0440. The van der Waals surface area contributed by atoms with E-state index in [2.05, 4.69) is 15.9 Å². The van der Waals surface area contributed by atoms with Crippen LogP contribution < -0.4 is 4.90 Å². The highest BCUT2D eigenvalue weighted by atomic mass is 79.9. The van der Waals surface area contributed by atoms with Gasteiger partial charge in [-0.1, -0.05) is 39.7 Å². The number of benzene rings is 2. The lowest BCUT2D eigenvalue weighted by atomic mass is 10.1. The number of anilines is 1. The van der Waals surface area contributed by atoms with Gasteiger partial charge in [0.1, 0.15) is 5.82 Å². The van der Waals surface area contributed by atoms with Crippen LogP contribution in [-0.4, -0.2) is 11.7 Å². The smallest absolute Gasteiger partial charge is 0.298 e. The summed E-state index contributed by atoms with van der Waals surface area (Å²) >= 11 is 9.25. The molecule has 0 spiro atoms. The van der Waals surface area contributed by atoms with E-state index in [1.54, 1.807) is 18.2 Å². The van der Waals surface area contributed by atoms with Crippen LogP contribution in [-0.2, 0) is 11.3 Å². The summed E-state index contributed by atoms with van der Waals surface area (Å²) in [6.07, 6.45) is 0. The van der Waals surface area contributed by atoms with Crippen LogP contribution in [0.5, 0.6) is 0 Å². The van der Waals surface area contributed by atoms with Gasteiger partial charge in [-0.05, 0) is 29.8 Å². The van der Waals surface area contributed by atoms with Gasteiger partial charge in [-0.2, -0.15) is 0 Å². The predicted molar refractivity (Wildman–Crippen MR) is 81.1 cm³/mol. The lowest BCUT2D eigenvalue weighted by molar-refractivity contribution is -0.114. The van der Waals surface area contributed by atoms with E-state index in [-0.39, 0.29) is 22.8 Å². The highest BCUT2D eigenvalue weighted by Gasteiger charge is 2.39. The van der Waals surface area contributed by atoms with Gasteiger partial charge in [0.2, 0.25) is 0 Å². The van der Waals surface area contributed by atoms with Crippen molar-refractivity contribution in [2.45, 2.75) is 6.54 Å². The van der Waals surface area contributed by atoms with Gasteiger partial charge in [0.25, 0.3) is 11.7 Å². The molecule has 1 amide bonds. The number of hydrogen-bond acceptors (Lipinski definition) is 2. The summed E-state index contributed by atoms with van der Waals surface area (Å²) in [5.74, 6) is -2.18. The molecule has 3 rings (SSSR count). The first-order valence-electron chi connectivity index (χ1n) is 6.07. The minimum atomic E-state index is -0.774. The van der Waals surface area contributed by atoms with Crippen molar-refractivity contribution < 1.29 is 14.0 Å². The maximum atomic E-state index is 14.0. The summed E-state index contributed by atoms with van der Waals surface area (Å²) in [7, 11) is 0. The fourth-order valence-corrected chi connectivity index (χ4v) is 3.01. The summed E-state index contributed by atoms with van der Waals surface area (Å²) in [6.45, 7) is 0.105. The number of hydrogen-bond donors (Lipinski definition) is 0. The molecule has 0 saturated carbocycles. The molecular formula is C15H8BrClFNO2. The van der Waals surface area contributed by atoms with Crippen molar-refractivity contribution in [1.82, 2.24) is 0 Å². The predicted octanol–water partition coefficient (Wildman–Crippen LogP) is 3.97. The first kappa shape index (κ1) is 14.2. The molecule has 2 aromatic rings. The van der Waals surface area contributed by atoms with E-state index >= 15 is 0 Å². The number of Topliss-reactive ketones (excluding diaryl/α,β-unsaturated/α-hetero) is 1. The molecule has 0 atom stereocenters. The minimum Gasteiger partial charge on any atom is -0.298 e. The van der Waals surface area contributed by atoms with Crippen molar-refractivity contribution >= 4 is 44.9 Å². The Labute approximate surface area is 133 Å². The molecule has 0 fully saturated rings. The first-order valence-corrected chi connectivity index (χ1v) is 7.25. The Bertz CT molecular complexity index is 778. The van der Waals surface area contributed by atoms with Gasteiger partial charge in [-0.15, -0.1) is 0 Å². The van der Waals surface area contributed by atoms with Gasteiger partial charge in [0.15, 0.2) is 0 Å². The molecule has 106 valence electrons. The molecule has 3 nitrogen and oxygen atoms in total. The summed E-state index contributed by atoms with van der Waals surface area (Å²) in [5, 5.41) is 0.0847. The molecule has 0 aliphatic carbocycles. The van der Waals surface area contributed by atoms with Crippen molar-refractivity contribution in [3.8, 4) is 0 Å². The molecule has 21 heavy (non-hydrogen) atoms. The van der Waals surface area contributed by atoms with Crippen LogP contribution in [0.15, 0.2) is 40.9 Å². The molecule has 6 heteroatoms. The number of nitrogens with zero attached hydrogens (tertiary/aromatic N) is 1. The SMILES string of the molecule is O=C1C(=O)N(Cc2cccc(Br)c2)c2c(F)ccc(Cl)c21. The summed E-state index contributed by atoms with van der Waals surface area (Å²) in [6, 6.07) is 9.68. The van der Waals surface area contributed by atoms with E-state index in [0.29, 0.717) is 0 Å². The Hall–Kier alpha value is -1.72. The van der Waals surface area contributed by atoms with Crippen LogP contribution in [0.4, 0.5) is 10.1 Å². The molecule has 0 aromatic heterocycles. The van der Waals surface area contributed by atoms with Crippen LogP contribution in [0.3, 0.4) is 0 Å². The van der Waals surface area contributed by atoms with E-state index in [4.69, 9.17) is 11.6 Å². The zero-order chi connectivity index (χ0) is 15.1. The fourth-order valence-electron chi connectivity index (χ4n) is 2.32. The Morgan fingerprint density at radius 1 is 1.19 bits per heavy atom. The summed E-state index contributed by atoms with van der Waals surface area (Å²) in [4.78, 5) is 25.2. The lowest BCUT2D eigenvalue weighted by Gasteiger charge is -2.17. The molecule has 0 radical (unpaired) electrons. The lowest BCUT2D eigenvalue weighted by Crippen LogP contribution is -2.29. The molecule has 2 aromatic carbocycles. The van der Waals surface area contributed by atoms with Gasteiger partial charge >= 0.3 is 0 Å². The molecule has 0 unspecified atom stereocenters. The molecule has 1 heterocycles. The van der Waals surface area contributed by atoms with Crippen molar-refractivity contribution in [3.63, 3.8) is 0 Å². The topological polar surface area (TPSA) is 37.4 Å². The highest BCUT2D eigenvalue weighted by Crippen LogP contribution is 2.37. The van der Waals surface area contributed by atoms with E-state index in [0.717, 1.165) is 21.0 Å². The molecular weight excluding hydrogens is 361 g/mol. The second-order valence-electron chi connectivity index (χ2n) is 4.60. The Kier molecular flexibility index (Phi) is 3.55. The van der Waals surface area contributed by atoms with Crippen LogP contribution >= 0.6 is 27.5 Å². The van der Waals surface area contributed by atoms with Crippen molar-refractivity contribution in [1.29, 1.82) is 0 Å². The maximum Gasteiger partial charge on any atom is 0.299 e. The number of halogens is 3. The Balaban J connectivity index is 2.08. The molecule has 0 bridgehead atoms. The standard InChI is InChI=1S/C15H8BrClFNO2/c16-9-3-1-2-8(6-9)7-19-13-11(18)5-4-10(17)12(13)14(20)15(19)21/h1-6H,7H2. The van der Waals surface area contributed by atoms with Crippen LogP contribution in [0.25, 0.3) is 0 Å². The molecule has 1 aliphatic heterocycles. The largest absolute Gasteiger partial charge is 0.299 e.